The molecule has 0 unspecified atom stereocenters. The molecule has 2 rings (SSSR count). The number of H-pyrrole nitrogens is 1. The molecule has 1 heterocycles. The Morgan fingerprint density at radius 2 is 2.44 bits per heavy atom. The average molecular weight is 240 g/mol. The lowest BCUT2D eigenvalue weighted by atomic mass is 10.3. The molecule has 1 aromatic heterocycles. The number of nitrogens with zero attached hydrogens (tertiary/aromatic N) is 2. The first-order chi connectivity index (χ1) is 7.66. The third kappa shape index (κ3) is 2.91. The molecule has 0 radical (unpaired) electrons. The molecular formula is C10H16N4OS. The standard InChI is InChI=1S/C10H16N4OS/c1-7-12-13-10(16)14(7)6-2-3-9(15)11-8-4-5-8/h8H,2-6H2,1H3,(H,11,15)(H,13,16). The fourth-order valence-corrected chi connectivity index (χ4v) is 1.85. The first kappa shape index (κ1) is 11.3. The Morgan fingerprint density at radius 1 is 1.69 bits per heavy atom. The van der Waals surface area contributed by atoms with Gasteiger partial charge in [0.25, 0.3) is 0 Å². The van der Waals surface area contributed by atoms with E-state index < -0.39 is 0 Å². The number of hydrogen-bond donors (Lipinski definition) is 2. The van der Waals surface area contributed by atoms with Gasteiger partial charge in [-0.25, -0.2) is 0 Å². The summed E-state index contributed by atoms with van der Waals surface area (Å²) in [5, 5.41) is 9.72. The molecule has 0 atom stereocenters. The van der Waals surface area contributed by atoms with Gasteiger partial charge in [-0.15, -0.1) is 0 Å². The van der Waals surface area contributed by atoms with E-state index in [0.717, 1.165) is 31.6 Å². The van der Waals surface area contributed by atoms with Crippen LogP contribution in [0, 0.1) is 11.7 Å². The fraction of sp³-hybridized carbons (Fsp3) is 0.700. The molecule has 0 aliphatic heterocycles. The summed E-state index contributed by atoms with van der Waals surface area (Å²) in [7, 11) is 0. The monoisotopic (exact) mass is 240 g/mol. The van der Waals surface area contributed by atoms with E-state index in [1.54, 1.807) is 0 Å². The molecule has 16 heavy (non-hydrogen) atoms. The van der Waals surface area contributed by atoms with E-state index in [0.29, 0.717) is 17.2 Å². The third-order valence-electron chi connectivity index (χ3n) is 2.68. The number of aromatic amines is 1. The molecule has 1 aliphatic rings. The van der Waals surface area contributed by atoms with Crippen molar-refractivity contribution in [3.63, 3.8) is 0 Å². The zero-order chi connectivity index (χ0) is 11.5. The van der Waals surface area contributed by atoms with E-state index >= 15 is 0 Å². The predicted molar refractivity (Wildman–Crippen MR) is 62.5 cm³/mol. The van der Waals surface area contributed by atoms with E-state index in [-0.39, 0.29) is 5.91 Å². The van der Waals surface area contributed by atoms with Crippen molar-refractivity contribution in [1.29, 1.82) is 0 Å². The number of aryl methyl sites for hydroxylation is 1. The quantitative estimate of drug-likeness (QED) is 0.763. The van der Waals surface area contributed by atoms with Gasteiger partial charge in [-0.1, -0.05) is 0 Å². The summed E-state index contributed by atoms with van der Waals surface area (Å²) in [5.41, 5.74) is 0. The number of hydrogen-bond acceptors (Lipinski definition) is 3. The van der Waals surface area contributed by atoms with Crippen LogP contribution in [0.3, 0.4) is 0 Å². The van der Waals surface area contributed by atoms with Gasteiger partial charge in [0.05, 0.1) is 0 Å². The summed E-state index contributed by atoms with van der Waals surface area (Å²) in [6.07, 6.45) is 3.63. The maximum atomic E-state index is 11.4. The van der Waals surface area contributed by atoms with E-state index in [2.05, 4.69) is 15.5 Å². The minimum absolute atomic E-state index is 0.148. The molecule has 0 saturated heterocycles. The van der Waals surface area contributed by atoms with Crippen LogP contribution < -0.4 is 5.32 Å². The number of amides is 1. The summed E-state index contributed by atoms with van der Waals surface area (Å²) < 4.78 is 2.54. The van der Waals surface area contributed by atoms with Gasteiger partial charge >= 0.3 is 0 Å². The zero-order valence-corrected chi connectivity index (χ0v) is 10.1. The van der Waals surface area contributed by atoms with Crippen molar-refractivity contribution < 1.29 is 4.79 Å². The summed E-state index contributed by atoms with van der Waals surface area (Å²) in [4.78, 5) is 11.4. The lowest BCUT2D eigenvalue weighted by molar-refractivity contribution is -0.121. The van der Waals surface area contributed by atoms with Crippen LogP contribution in [0.5, 0.6) is 0 Å². The smallest absolute Gasteiger partial charge is 0.220 e. The molecular weight excluding hydrogens is 224 g/mol. The highest BCUT2D eigenvalue weighted by Crippen LogP contribution is 2.18. The number of aromatic nitrogens is 3. The Kier molecular flexibility index (Phi) is 3.38. The van der Waals surface area contributed by atoms with Gasteiger partial charge in [0.15, 0.2) is 4.77 Å². The lowest BCUT2D eigenvalue weighted by Gasteiger charge is -2.04. The zero-order valence-electron chi connectivity index (χ0n) is 9.32. The summed E-state index contributed by atoms with van der Waals surface area (Å²) in [6.45, 7) is 2.65. The molecule has 0 bridgehead atoms. The molecule has 1 saturated carbocycles. The molecule has 1 amide bonds. The largest absolute Gasteiger partial charge is 0.353 e. The second-order valence-corrected chi connectivity index (χ2v) is 4.56. The van der Waals surface area contributed by atoms with Crippen molar-refractivity contribution in [1.82, 2.24) is 20.1 Å². The number of carbonyl (C=O) groups excluding carboxylic acids is 1. The van der Waals surface area contributed by atoms with Gasteiger partial charge in [-0.05, 0) is 38.4 Å². The van der Waals surface area contributed by atoms with Crippen LogP contribution >= 0.6 is 12.2 Å². The molecule has 1 fully saturated rings. The SMILES string of the molecule is Cc1n[nH]c(=S)n1CCCC(=O)NC1CC1. The minimum Gasteiger partial charge on any atom is -0.353 e. The summed E-state index contributed by atoms with van der Waals surface area (Å²) in [5.74, 6) is 1.02. The molecule has 1 aliphatic carbocycles. The second kappa shape index (κ2) is 4.78. The first-order valence-electron chi connectivity index (χ1n) is 5.58. The van der Waals surface area contributed by atoms with Gasteiger partial charge in [-0.3, -0.25) is 9.89 Å². The van der Waals surface area contributed by atoms with Gasteiger partial charge in [0.2, 0.25) is 5.91 Å². The average Bonchev–Trinajstić information content (AvgIpc) is 2.99. The number of rotatable bonds is 5. The maximum Gasteiger partial charge on any atom is 0.220 e. The van der Waals surface area contributed by atoms with Gasteiger partial charge in [0.1, 0.15) is 5.82 Å². The van der Waals surface area contributed by atoms with Crippen molar-refractivity contribution in [3.8, 4) is 0 Å². The molecule has 0 aromatic carbocycles. The number of carbonyl (C=O) groups is 1. The lowest BCUT2D eigenvalue weighted by Crippen LogP contribution is -2.25. The Hall–Kier alpha value is -1.17. The van der Waals surface area contributed by atoms with E-state index in [1.807, 2.05) is 11.5 Å². The van der Waals surface area contributed by atoms with E-state index in [9.17, 15) is 4.79 Å². The Morgan fingerprint density at radius 3 is 3.00 bits per heavy atom. The van der Waals surface area contributed by atoms with E-state index in [4.69, 9.17) is 12.2 Å². The predicted octanol–water partition coefficient (Wildman–Crippen LogP) is 1.31. The third-order valence-corrected chi connectivity index (χ3v) is 2.99. The Balaban J connectivity index is 1.74. The topological polar surface area (TPSA) is 62.7 Å². The molecule has 0 spiro atoms. The van der Waals surface area contributed by atoms with Crippen molar-refractivity contribution in [2.45, 2.75) is 45.2 Å². The molecule has 5 nitrogen and oxygen atoms in total. The Bertz CT molecular complexity index is 432. The highest BCUT2D eigenvalue weighted by atomic mass is 32.1. The highest BCUT2D eigenvalue weighted by Gasteiger charge is 2.22. The Labute approximate surface area is 99.2 Å². The van der Waals surface area contributed by atoms with E-state index in [1.165, 1.54) is 0 Å². The molecule has 2 N–H and O–H groups in total. The van der Waals surface area contributed by atoms with Crippen LogP contribution in [-0.2, 0) is 11.3 Å². The normalized spacial score (nSPS) is 15.1. The van der Waals surface area contributed by atoms with Crippen LogP contribution in [0.25, 0.3) is 0 Å². The van der Waals surface area contributed by atoms with Crippen LogP contribution in [0.4, 0.5) is 0 Å². The van der Waals surface area contributed by atoms with Crippen molar-refractivity contribution in [2.75, 3.05) is 0 Å². The van der Waals surface area contributed by atoms with Gasteiger partial charge < -0.3 is 9.88 Å². The fourth-order valence-electron chi connectivity index (χ4n) is 1.58. The van der Waals surface area contributed by atoms with Gasteiger partial charge in [-0.2, -0.15) is 5.10 Å². The van der Waals surface area contributed by atoms with Crippen molar-refractivity contribution in [2.24, 2.45) is 0 Å². The first-order valence-corrected chi connectivity index (χ1v) is 5.99. The maximum absolute atomic E-state index is 11.4. The van der Waals surface area contributed by atoms with Crippen LogP contribution in [0.1, 0.15) is 31.5 Å². The highest BCUT2D eigenvalue weighted by molar-refractivity contribution is 7.71. The van der Waals surface area contributed by atoms with Crippen LogP contribution in [0.15, 0.2) is 0 Å². The van der Waals surface area contributed by atoms with Crippen LogP contribution in [-0.4, -0.2) is 26.7 Å². The van der Waals surface area contributed by atoms with Crippen molar-refractivity contribution in [3.05, 3.63) is 10.6 Å². The summed E-state index contributed by atoms with van der Waals surface area (Å²) in [6, 6.07) is 0.449. The van der Waals surface area contributed by atoms with Crippen molar-refractivity contribution >= 4 is 18.1 Å². The molecule has 1 aromatic rings. The second-order valence-electron chi connectivity index (χ2n) is 4.17. The number of nitrogens with one attached hydrogen (secondary N) is 2. The molecule has 6 heteroatoms. The summed E-state index contributed by atoms with van der Waals surface area (Å²) >= 11 is 5.08. The molecule has 88 valence electrons. The van der Waals surface area contributed by atoms with Gasteiger partial charge in [0, 0.05) is 19.0 Å². The van der Waals surface area contributed by atoms with Crippen LogP contribution in [0.2, 0.25) is 0 Å². The minimum atomic E-state index is 0.148.